The van der Waals surface area contributed by atoms with E-state index in [4.69, 9.17) is 36.6 Å². The van der Waals surface area contributed by atoms with Gasteiger partial charge in [-0.3, -0.25) is 14.3 Å². The van der Waals surface area contributed by atoms with Gasteiger partial charge in [0.05, 0.1) is 59.8 Å². The Hall–Kier alpha value is -4.13. The van der Waals surface area contributed by atoms with Gasteiger partial charge in [-0.05, 0) is 42.9 Å². The summed E-state index contributed by atoms with van der Waals surface area (Å²) in [6.07, 6.45) is 7.21. The molecule has 2 aliphatic rings. The molecule has 2 saturated heterocycles. The molecular weight excluding hydrogens is 584 g/mol. The number of halogens is 1. The number of carbonyl (C=O) groups is 1. The SMILES string of the molecule is CC(C)Cc1nc2c(cnn2C2CCN(C3COC3)CC2)c(-c2ccc3c(c2)oc(=O)n3Cc2ncc(Cl)cn2)c1C(N)=O. The molecule has 0 atom stereocenters. The summed E-state index contributed by atoms with van der Waals surface area (Å²) in [5.41, 5.74) is 10.0. The van der Waals surface area contributed by atoms with Crippen molar-refractivity contribution >= 4 is 39.6 Å². The summed E-state index contributed by atoms with van der Waals surface area (Å²) in [6, 6.07) is 6.13. The molecule has 0 radical (unpaired) electrons. The number of ether oxygens (including phenoxy) is 1. The van der Waals surface area contributed by atoms with Gasteiger partial charge in [0.1, 0.15) is 5.82 Å². The molecule has 44 heavy (non-hydrogen) atoms. The van der Waals surface area contributed by atoms with E-state index in [1.807, 2.05) is 10.7 Å². The number of nitrogens with zero attached hydrogens (tertiary/aromatic N) is 7. The third-order valence-electron chi connectivity index (χ3n) is 8.58. The van der Waals surface area contributed by atoms with Crippen molar-refractivity contribution in [3.05, 3.63) is 69.4 Å². The molecule has 5 aromatic rings. The number of nitrogens with two attached hydrogens (primary N) is 1. The lowest BCUT2D eigenvalue weighted by Crippen LogP contribution is -2.51. The summed E-state index contributed by atoms with van der Waals surface area (Å²) < 4.78 is 14.5. The Morgan fingerprint density at radius 3 is 2.52 bits per heavy atom. The van der Waals surface area contributed by atoms with E-state index in [0.29, 0.717) is 56.8 Å². The van der Waals surface area contributed by atoms with E-state index < -0.39 is 11.7 Å². The minimum atomic E-state index is -0.562. The van der Waals surface area contributed by atoms with Gasteiger partial charge in [0.15, 0.2) is 11.2 Å². The molecular formula is C31H33ClN8O4. The number of amides is 1. The van der Waals surface area contributed by atoms with Crippen LogP contribution in [0.5, 0.6) is 0 Å². The molecule has 13 heteroatoms. The minimum Gasteiger partial charge on any atom is -0.408 e. The van der Waals surface area contributed by atoms with Crippen LogP contribution in [0, 0.1) is 5.92 Å². The lowest BCUT2D eigenvalue weighted by Gasteiger charge is -2.41. The van der Waals surface area contributed by atoms with Crippen LogP contribution in [0.3, 0.4) is 0 Å². The molecule has 4 aromatic heterocycles. The Balaban J connectivity index is 1.32. The average molecular weight is 617 g/mol. The predicted octanol–water partition coefficient (Wildman–Crippen LogP) is 3.83. The molecule has 7 rings (SSSR count). The number of benzene rings is 1. The maximum atomic E-state index is 13.1. The van der Waals surface area contributed by atoms with E-state index in [-0.39, 0.29) is 18.5 Å². The lowest BCUT2D eigenvalue weighted by atomic mass is 9.92. The summed E-state index contributed by atoms with van der Waals surface area (Å²) in [5.74, 6) is -0.445. The molecule has 12 nitrogen and oxygen atoms in total. The molecule has 0 saturated carbocycles. The highest BCUT2D eigenvalue weighted by Gasteiger charge is 2.32. The number of hydrogen-bond donors (Lipinski definition) is 1. The number of aromatic nitrogens is 6. The number of fused-ring (bicyclic) bond motifs is 2. The van der Waals surface area contributed by atoms with Crippen molar-refractivity contribution in [2.75, 3.05) is 26.3 Å². The van der Waals surface area contributed by atoms with Gasteiger partial charge in [0, 0.05) is 36.4 Å². The van der Waals surface area contributed by atoms with Crippen LogP contribution in [0.15, 0.2) is 46.0 Å². The van der Waals surface area contributed by atoms with E-state index in [9.17, 15) is 9.59 Å². The van der Waals surface area contributed by atoms with Crippen molar-refractivity contribution in [3.8, 4) is 11.1 Å². The van der Waals surface area contributed by atoms with Crippen molar-refractivity contribution in [2.24, 2.45) is 11.7 Å². The maximum Gasteiger partial charge on any atom is 0.420 e. The summed E-state index contributed by atoms with van der Waals surface area (Å²) >= 11 is 5.92. The van der Waals surface area contributed by atoms with Crippen molar-refractivity contribution in [1.82, 2.24) is 34.2 Å². The largest absolute Gasteiger partial charge is 0.420 e. The number of oxazole rings is 1. The van der Waals surface area contributed by atoms with E-state index in [0.717, 1.165) is 50.2 Å². The molecule has 6 heterocycles. The monoisotopic (exact) mass is 616 g/mol. The molecule has 2 N–H and O–H groups in total. The molecule has 2 fully saturated rings. The van der Waals surface area contributed by atoms with Crippen molar-refractivity contribution in [2.45, 2.75) is 51.7 Å². The number of carbonyl (C=O) groups excluding carboxylic acids is 1. The standard InChI is InChI=1S/C31H33ClN8O4/c1-17(2)9-23-28(29(33)41)27(22-13-36-40(30(22)37-23)20-5-7-38(8-6-20)21-15-43-16-21)18-3-4-24-25(10-18)44-31(42)39(24)14-26-34-11-19(32)12-35-26/h3-4,10-13,17,20-21H,5-9,14-16H2,1-2H3,(H2,33,41). The normalized spacial score (nSPS) is 16.7. The van der Waals surface area contributed by atoms with Gasteiger partial charge in [-0.25, -0.2) is 24.4 Å². The quantitative estimate of drug-likeness (QED) is 0.275. The van der Waals surface area contributed by atoms with Crippen LogP contribution in [0.25, 0.3) is 33.3 Å². The van der Waals surface area contributed by atoms with Crippen LogP contribution in [0.2, 0.25) is 5.02 Å². The maximum absolute atomic E-state index is 13.1. The highest BCUT2D eigenvalue weighted by Crippen LogP contribution is 2.37. The smallest absolute Gasteiger partial charge is 0.408 e. The van der Waals surface area contributed by atoms with Crippen molar-refractivity contribution in [3.63, 3.8) is 0 Å². The Morgan fingerprint density at radius 2 is 1.86 bits per heavy atom. The molecule has 228 valence electrons. The molecule has 1 aromatic carbocycles. The highest BCUT2D eigenvalue weighted by atomic mass is 35.5. The third-order valence-corrected chi connectivity index (χ3v) is 8.77. The summed E-state index contributed by atoms with van der Waals surface area (Å²) in [4.78, 5) is 41.9. The van der Waals surface area contributed by atoms with Gasteiger partial charge >= 0.3 is 5.76 Å². The summed E-state index contributed by atoms with van der Waals surface area (Å²) in [6.45, 7) is 7.84. The zero-order valence-electron chi connectivity index (χ0n) is 24.6. The van der Waals surface area contributed by atoms with Crippen LogP contribution >= 0.6 is 11.6 Å². The minimum absolute atomic E-state index is 0.117. The average Bonchev–Trinajstić information content (AvgIpc) is 3.52. The van der Waals surface area contributed by atoms with Crippen LogP contribution in [-0.4, -0.2) is 72.5 Å². The first-order valence-electron chi connectivity index (χ1n) is 14.9. The second-order valence-electron chi connectivity index (χ2n) is 12.0. The number of primary amides is 1. The first kappa shape index (κ1) is 28.6. The second kappa shape index (κ2) is 11.4. The van der Waals surface area contributed by atoms with E-state index in [1.165, 1.54) is 17.0 Å². The Kier molecular flexibility index (Phi) is 7.43. The van der Waals surface area contributed by atoms with Crippen molar-refractivity contribution in [1.29, 1.82) is 0 Å². The fourth-order valence-electron chi connectivity index (χ4n) is 6.34. The zero-order chi connectivity index (χ0) is 30.5. The number of pyridine rings is 1. The molecule has 0 unspecified atom stereocenters. The van der Waals surface area contributed by atoms with Gasteiger partial charge in [-0.1, -0.05) is 31.5 Å². The molecule has 2 aliphatic heterocycles. The predicted molar refractivity (Wildman–Crippen MR) is 165 cm³/mol. The first-order valence-corrected chi connectivity index (χ1v) is 15.3. The highest BCUT2D eigenvalue weighted by molar-refractivity contribution is 6.30. The number of likely N-dealkylation sites (tertiary alicyclic amines) is 1. The van der Waals surface area contributed by atoms with E-state index in [2.05, 4.69) is 28.7 Å². The number of hydrogen-bond acceptors (Lipinski definition) is 9. The van der Waals surface area contributed by atoms with Crippen LogP contribution in [0.4, 0.5) is 0 Å². The van der Waals surface area contributed by atoms with Crippen LogP contribution < -0.4 is 11.5 Å². The molecule has 0 bridgehead atoms. The van der Waals surface area contributed by atoms with Gasteiger partial charge in [-0.15, -0.1) is 0 Å². The van der Waals surface area contributed by atoms with Gasteiger partial charge in [-0.2, -0.15) is 5.10 Å². The Morgan fingerprint density at radius 1 is 1.11 bits per heavy atom. The topological polar surface area (TPSA) is 147 Å². The van der Waals surface area contributed by atoms with Gasteiger partial charge in [0.25, 0.3) is 5.91 Å². The number of rotatable bonds is 8. The van der Waals surface area contributed by atoms with Crippen LogP contribution in [-0.2, 0) is 17.7 Å². The van der Waals surface area contributed by atoms with E-state index >= 15 is 0 Å². The Bertz CT molecular complexity index is 1920. The van der Waals surface area contributed by atoms with Crippen molar-refractivity contribution < 1.29 is 13.9 Å². The Labute approximate surface area is 257 Å². The molecule has 0 spiro atoms. The lowest BCUT2D eigenvalue weighted by molar-refractivity contribution is -0.0733. The fraction of sp³-hybridized carbons (Fsp3) is 0.419. The molecule has 1 amide bonds. The first-order chi connectivity index (χ1) is 21.3. The molecule has 0 aliphatic carbocycles. The van der Waals surface area contributed by atoms with Crippen LogP contribution in [0.1, 0.15) is 54.6 Å². The summed E-state index contributed by atoms with van der Waals surface area (Å²) in [7, 11) is 0. The fourth-order valence-corrected chi connectivity index (χ4v) is 6.43. The van der Waals surface area contributed by atoms with Gasteiger partial charge < -0.3 is 14.9 Å². The second-order valence-corrected chi connectivity index (χ2v) is 12.4. The summed E-state index contributed by atoms with van der Waals surface area (Å²) in [5, 5.41) is 5.96. The van der Waals surface area contributed by atoms with E-state index in [1.54, 1.807) is 18.3 Å². The van der Waals surface area contributed by atoms with Gasteiger partial charge in [0.2, 0.25) is 0 Å². The third kappa shape index (κ3) is 5.16. The zero-order valence-corrected chi connectivity index (χ0v) is 25.3. The number of piperidine rings is 1.